The average Bonchev–Trinajstić information content (AvgIpc) is 3.24. The molecule has 0 radical (unpaired) electrons. The van der Waals surface area contributed by atoms with Crippen LogP contribution < -0.4 is 4.74 Å². The number of likely N-dealkylation sites (tertiary alicyclic amines) is 1. The van der Waals surface area contributed by atoms with E-state index in [-0.39, 0.29) is 12.3 Å². The van der Waals surface area contributed by atoms with E-state index in [4.69, 9.17) is 19.3 Å². The Balaban J connectivity index is 1.79. The lowest BCUT2D eigenvalue weighted by molar-refractivity contribution is -0.143. The molecule has 1 aliphatic heterocycles. The first kappa shape index (κ1) is 28.1. The Bertz CT molecular complexity index is 1320. The second-order valence-corrected chi connectivity index (χ2v) is 11.0. The summed E-state index contributed by atoms with van der Waals surface area (Å²) in [7, 11) is 1.58. The molecule has 0 bridgehead atoms. The number of amides is 1. The van der Waals surface area contributed by atoms with Crippen LogP contribution in [0.2, 0.25) is 0 Å². The van der Waals surface area contributed by atoms with Gasteiger partial charge in [0.15, 0.2) is 5.82 Å². The first-order chi connectivity index (χ1) is 18.4. The number of nitrogens with zero attached hydrogens (tertiary/aromatic N) is 3. The maximum Gasteiger partial charge on any atom is 0.410 e. The zero-order chi connectivity index (χ0) is 28.4. The molecule has 1 aliphatic rings. The third kappa shape index (κ3) is 6.24. The Morgan fingerprint density at radius 2 is 1.64 bits per heavy atom. The number of hydrogen-bond acceptors (Lipinski definition) is 6. The molecule has 0 unspecified atom stereocenters. The third-order valence-electron chi connectivity index (χ3n) is 6.90. The van der Waals surface area contributed by atoms with Gasteiger partial charge in [-0.1, -0.05) is 29.8 Å². The molecular formula is C30H36FN3O5. The summed E-state index contributed by atoms with van der Waals surface area (Å²) in [6, 6.07) is 14.8. The molecule has 2 heterocycles. The standard InChI is InChI=1S/C30H36FN3O5/c1-20-7-9-22(10-8-20)26-25(31)27(32-34(26)23-11-13-24(37-6)14-12-23)30(19-38-21(2)35)15-17-33(18-16-30)28(36)39-29(3,4)5/h7-14H,15-19H2,1-6H3. The molecule has 9 heteroatoms. The molecule has 0 atom stereocenters. The van der Waals surface area contributed by atoms with E-state index >= 15 is 4.39 Å². The average molecular weight is 538 g/mol. The largest absolute Gasteiger partial charge is 0.497 e. The van der Waals surface area contributed by atoms with E-state index in [1.54, 1.807) is 28.8 Å². The minimum absolute atomic E-state index is 0.0472. The van der Waals surface area contributed by atoms with Crippen molar-refractivity contribution in [2.75, 3.05) is 26.8 Å². The highest BCUT2D eigenvalue weighted by Gasteiger charge is 2.44. The maximum atomic E-state index is 16.6. The highest BCUT2D eigenvalue weighted by atomic mass is 19.1. The summed E-state index contributed by atoms with van der Waals surface area (Å²) in [5.41, 5.74) is 1.34. The lowest BCUT2D eigenvalue weighted by Gasteiger charge is -2.40. The van der Waals surface area contributed by atoms with Crippen LogP contribution in [-0.2, 0) is 19.7 Å². The van der Waals surface area contributed by atoms with Crippen LogP contribution in [0.5, 0.6) is 5.75 Å². The summed E-state index contributed by atoms with van der Waals surface area (Å²) in [5.74, 6) is -0.269. The number of aryl methyl sites for hydroxylation is 1. The Labute approximate surface area is 228 Å². The van der Waals surface area contributed by atoms with Gasteiger partial charge >= 0.3 is 12.1 Å². The number of piperidine rings is 1. The summed E-state index contributed by atoms with van der Waals surface area (Å²) >= 11 is 0. The Kier molecular flexibility index (Phi) is 7.99. The van der Waals surface area contributed by atoms with E-state index in [9.17, 15) is 9.59 Å². The molecule has 208 valence electrons. The van der Waals surface area contributed by atoms with Crippen molar-refractivity contribution in [3.8, 4) is 22.7 Å². The van der Waals surface area contributed by atoms with Crippen molar-refractivity contribution in [2.24, 2.45) is 0 Å². The first-order valence-electron chi connectivity index (χ1n) is 13.0. The van der Waals surface area contributed by atoms with Crippen LogP contribution in [0.15, 0.2) is 48.5 Å². The van der Waals surface area contributed by atoms with E-state index in [0.29, 0.717) is 48.6 Å². The van der Waals surface area contributed by atoms with Crippen LogP contribution in [0.1, 0.15) is 51.8 Å². The van der Waals surface area contributed by atoms with Crippen molar-refractivity contribution < 1.29 is 28.2 Å². The minimum Gasteiger partial charge on any atom is -0.497 e. The van der Waals surface area contributed by atoms with Crippen molar-refractivity contribution in [3.05, 3.63) is 65.6 Å². The smallest absolute Gasteiger partial charge is 0.410 e. The van der Waals surface area contributed by atoms with Gasteiger partial charge in [0.1, 0.15) is 29.3 Å². The van der Waals surface area contributed by atoms with Gasteiger partial charge in [-0.15, -0.1) is 0 Å². The van der Waals surface area contributed by atoms with E-state index in [1.807, 2.05) is 64.1 Å². The molecule has 0 N–H and O–H groups in total. The van der Waals surface area contributed by atoms with Gasteiger partial charge in [0, 0.05) is 25.6 Å². The van der Waals surface area contributed by atoms with Crippen molar-refractivity contribution >= 4 is 12.1 Å². The number of hydrogen-bond donors (Lipinski definition) is 0. The van der Waals surface area contributed by atoms with Crippen LogP contribution >= 0.6 is 0 Å². The van der Waals surface area contributed by atoms with Crippen molar-refractivity contribution in [1.29, 1.82) is 0 Å². The van der Waals surface area contributed by atoms with Crippen LogP contribution in [0.3, 0.4) is 0 Å². The van der Waals surface area contributed by atoms with Crippen LogP contribution in [0, 0.1) is 12.7 Å². The predicted molar refractivity (Wildman–Crippen MR) is 146 cm³/mol. The SMILES string of the molecule is COc1ccc(-n2nc(C3(COC(C)=O)CCN(C(=O)OC(C)(C)C)CC3)c(F)c2-c2ccc(C)cc2)cc1. The fourth-order valence-corrected chi connectivity index (χ4v) is 4.74. The van der Waals surface area contributed by atoms with Gasteiger partial charge in [-0.05, 0) is 64.8 Å². The zero-order valence-corrected chi connectivity index (χ0v) is 23.4. The van der Waals surface area contributed by atoms with E-state index < -0.39 is 28.9 Å². The van der Waals surface area contributed by atoms with Gasteiger partial charge in [0.2, 0.25) is 0 Å². The Morgan fingerprint density at radius 1 is 1.03 bits per heavy atom. The molecule has 3 aromatic rings. The van der Waals surface area contributed by atoms with E-state index in [0.717, 1.165) is 5.56 Å². The molecule has 0 spiro atoms. The molecule has 1 aromatic heterocycles. The van der Waals surface area contributed by atoms with Crippen molar-refractivity contribution in [2.45, 2.75) is 58.5 Å². The molecule has 0 aliphatic carbocycles. The quantitative estimate of drug-likeness (QED) is 0.368. The number of esters is 1. The zero-order valence-electron chi connectivity index (χ0n) is 23.4. The maximum absolute atomic E-state index is 16.6. The summed E-state index contributed by atoms with van der Waals surface area (Å²) in [6.45, 7) is 9.31. The number of rotatable bonds is 6. The molecule has 8 nitrogen and oxygen atoms in total. The topological polar surface area (TPSA) is 82.9 Å². The molecule has 1 fully saturated rings. The molecule has 39 heavy (non-hydrogen) atoms. The summed E-state index contributed by atoms with van der Waals surface area (Å²) in [6.07, 6.45) is 0.278. The van der Waals surface area contributed by atoms with Gasteiger partial charge in [-0.2, -0.15) is 5.10 Å². The summed E-state index contributed by atoms with van der Waals surface area (Å²) < 4.78 is 34.5. The second kappa shape index (κ2) is 11.1. The molecule has 1 amide bonds. The Hall–Kier alpha value is -3.88. The summed E-state index contributed by atoms with van der Waals surface area (Å²) in [4.78, 5) is 26.2. The van der Waals surface area contributed by atoms with E-state index in [1.165, 1.54) is 6.92 Å². The van der Waals surface area contributed by atoms with Gasteiger partial charge in [-0.3, -0.25) is 4.79 Å². The normalized spacial score (nSPS) is 15.1. The monoisotopic (exact) mass is 537 g/mol. The molecule has 2 aromatic carbocycles. The van der Waals surface area contributed by atoms with E-state index in [2.05, 4.69) is 0 Å². The number of benzene rings is 2. The fourth-order valence-electron chi connectivity index (χ4n) is 4.74. The Morgan fingerprint density at radius 3 is 2.18 bits per heavy atom. The predicted octanol–water partition coefficient (Wildman–Crippen LogP) is 5.83. The molecule has 0 saturated carbocycles. The third-order valence-corrected chi connectivity index (χ3v) is 6.90. The minimum atomic E-state index is -0.925. The number of aromatic nitrogens is 2. The molecule has 1 saturated heterocycles. The highest BCUT2D eigenvalue weighted by molar-refractivity contribution is 5.69. The number of methoxy groups -OCH3 is 1. The van der Waals surface area contributed by atoms with Crippen LogP contribution in [0.4, 0.5) is 9.18 Å². The lowest BCUT2D eigenvalue weighted by Crippen LogP contribution is -2.49. The lowest BCUT2D eigenvalue weighted by atomic mass is 9.76. The van der Waals surface area contributed by atoms with Gasteiger partial charge in [0.05, 0.1) is 18.2 Å². The molecular weight excluding hydrogens is 501 g/mol. The number of ether oxygens (including phenoxy) is 3. The molecule has 4 rings (SSSR count). The van der Waals surface area contributed by atoms with Gasteiger partial charge < -0.3 is 19.1 Å². The number of carbonyl (C=O) groups is 2. The number of carbonyl (C=O) groups excluding carboxylic acids is 2. The van der Waals surface area contributed by atoms with Gasteiger partial charge in [-0.25, -0.2) is 13.9 Å². The number of halogens is 1. The van der Waals surface area contributed by atoms with Gasteiger partial charge in [0.25, 0.3) is 0 Å². The van der Waals surface area contributed by atoms with Crippen molar-refractivity contribution in [3.63, 3.8) is 0 Å². The van der Waals surface area contributed by atoms with Crippen LogP contribution in [0.25, 0.3) is 16.9 Å². The summed E-state index contributed by atoms with van der Waals surface area (Å²) in [5, 5.41) is 4.81. The fraction of sp³-hybridized carbons (Fsp3) is 0.433. The highest BCUT2D eigenvalue weighted by Crippen LogP contribution is 2.41. The second-order valence-electron chi connectivity index (χ2n) is 11.0. The van der Waals surface area contributed by atoms with Crippen molar-refractivity contribution in [1.82, 2.24) is 14.7 Å². The first-order valence-corrected chi connectivity index (χ1v) is 13.0. The van der Waals surface area contributed by atoms with Crippen LogP contribution in [-0.4, -0.2) is 59.2 Å².